The van der Waals surface area contributed by atoms with Crippen LogP contribution in [0.15, 0.2) is 6.07 Å². The van der Waals surface area contributed by atoms with Crippen molar-refractivity contribution in [1.82, 2.24) is 0 Å². The maximum absolute atomic E-state index is 10.6. The molecule has 0 bridgehead atoms. The maximum Gasteiger partial charge on any atom is 0.283 e. The van der Waals surface area contributed by atoms with Crippen LogP contribution in [-0.2, 0) is 5.41 Å². The van der Waals surface area contributed by atoms with Crippen LogP contribution in [0.4, 0.5) is 5.69 Å². The molecule has 72 valence electrons. The highest BCUT2D eigenvalue weighted by Gasteiger charge is 2.22. The fourth-order valence-electron chi connectivity index (χ4n) is 1.02. The molecule has 1 heterocycles. The zero-order valence-electron chi connectivity index (χ0n) is 8.25. The van der Waals surface area contributed by atoms with Gasteiger partial charge in [0.25, 0.3) is 5.69 Å². The van der Waals surface area contributed by atoms with Gasteiger partial charge in [-0.25, -0.2) is 0 Å². The number of nitro groups is 1. The summed E-state index contributed by atoms with van der Waals surface area (Å²) in [5.41, 5.74) is 0.249. The second kappa shape index (κ2) is 3.10. The minimum absolute atomic E-state index is 0.00366. The lowest BCUT2D eigenvalue weighted by Gasteiger charge is -2.14. The zero-order chi connectivity index (χ0) is 10.2. The standard InChI is InChI=1S/C9H13NO2S/c1-6-7(10(11)12)5-8(13-6)9(2,3)4/h5H,1-4H3. The summed E-state index contributed by atoms with van der Waals surface area (Å²) in [5.74, 6) is 0. The van der Waals surface area contributed by atoms with E-state index in [1.807, 2.05) is 0 Å². The van der Waals surface area contributed by atoms with Crippen molar-refractivity contribution in [2.45, 2.75) is 33.1 Å². The van der Waals surface area contributed by atoms with Crippen LogP contribution in [0.5, 0.6) is 0 Å². The van der Waals surface area contributed by atoms with Crippen LogP contribution >= 0.6 is 11.3 Å². The van der Waals surface area contributed by atoms with Crippen LogP contribution in [0.2, 0.25) is 0 Å². The van der Waals surface area contributed by atoms with Gasteiger partial charge in [0.1, 0.15) is 0 Å². The molecule has 1 aromatic rings. The lowest BCUT2D eigenvalue weighted by molar-refractivity contribution is -0.385. The highest BCUT2D eigenvalue weighted by Crippen LogP contribution is 2.35. The van der Waals surface area contributed by atoms with Crippen LogP contribution in [0.1, 0.15) is 30.5 Å². The Labute approximate surface area is 81.5 Å². The van der Waals surface area contributed by atoms with E-state index in [4.69, 9.17) is 0 Å². The van der Waals surface area contributed by atoms with Crippen LogP contribution < -0.4 is 0 Å². The van der Waals surface area contributed by atoms with E-state index in [0.29, 0.717) is 0 Å². The van der Waals surface area contributed by atoms with E-state index in [1.165, 1.54) is 11.3 Å². The Morgan fingerprint density at radius 1 is 1.46 bits per heavy atom. The lowest BCUT2D eigenvalue weighted by Crippen LogP contribution is -2.07. The number of aryl methyl sites for hydroxylation is 1. The summed E-state index contributed by atoms with van der Waals surface area (Å²) in [4.78, 5) is 12.1. The second-order valence-corrected chi connectivity index (χ2v) is 5.32. The Morgan fingerprint density at radius 2 is 2.00 bits per heavy atom. The predicted molar refractivity (Wildman–Crippen MR) is 54.4 cm³/mol. The monoisotopic (exact) mass is 199 g/mol. The molecule has 0 radical (unpaired) electrons. The smallest absolute Gasteiger partial charge is 0.258 e. The highest BCUT2D eigenvalue weighted by atomic mass is 32.1. The first-order valence-electron chi connectivity index (χ1n) is 4.07. The average Bonchev–Trinajstić information content (AvgIpc) is 2.29. The first-order valence-corrected chi connectivity index (χ1v) is 4.89. The summed E-state index contributed by atoms with van der Waals surface area (Å²) >= 11 is 1.51. The molecule has 0 spiro atoms. The molecule has 0 unspecified atom stereocenters. The molecule has 0 aliphatic heterocycles. The summed E-state index contributed by atoms with van der Waals surface area (Å²) < 4.78 is 0. The van der Waals surface area contributed by atoms with Crippen molar-refractivity contribution in [3.05, 3.63) is 25.9 Å². The topological polar surface area (TPSA) is 43.1 Å². The van der Waals surface area contributed by atoms with Crippen molar-refractivity contribution in [3.63, 3.8) is 0 Å². The number of hydrogen-bond donors (Lipinski definition) is 0. The number of thiophene rings is 1. The molecule has 0 atom stereocenters. The number of nitrogens with zero attached hydrogens (tertiary/aromatic N) is 1. The number of hydrogen-bond acceptors (Lipinski definition) is 3. The van der Waals surface area contributed by atoms with Gasteiger partial charge in [-0.15, -0.1) is 11.3 Å². The van der Waals surface area contributed by atoms with Crippen molar-refractivity contribution in [2.75, 3.05) is 0 Å². The summed E-state index contributed by atoms with van der Waals surface area (Å²) in [5, 5.41) is 10.6. The van der Waals surface area contributed by atoms with Crippen molar-refractivity contribution >= 4 is 17.0 Å². The van der Waals surface area contributed by atoms with Gasteiger partial charge in [-0.3, -0.25) is 10.1 Å². The van der Waals surface area contributed by atoms with Crippen molar-refractivity contribution < 1.29 is 4.92 Å². The van der Waals surface area contributed by atoms with E-state index in [0.717, 1.165) is 9.75 Å². The van der Waals surface area contributed by atoms with E-state index < -0.39 is 0 Å². The summed E-state index contributed by atoms with van der Waals surface area (Å²) in [7, 11) is 0. The molecule has 0 aliphatic rings. The molecule has 0 saturated carbocycles. The van der Waals surface area contributed by atoms with Gasteiger partial charge in [0.05, 0.1) is 9.80 Å². The molecule has 3 nitrogen and oxygen atoms in total. The van der Waals surface area contributed by atoms with Crippen molar-refractivity contribution in [2.24, 2.45) is 0 Å². The summed E-state index contributed by atoms with van der Waals surface area (Å²) in [6, 6.07) is 1.68. The van der Waals surface area contributed by atoms with Gasteiger partial charge in [0.2, 0.25) is 0 Å². The fourth-order valence-corrected chi connectivity index (χ4v) is 2.07. The molecule has 13 heavy (non-hydrogen) atoms. The largest absolute Gasteiger partial charge is 0.283 e. The third kappa shape index (κ3) is 2.06. The first-order chi connectivity index (χ1) is 5.82. The molecular weight excluding hydrogens is 186 g/mol. The van der Waals surface area contributed by atoms with E-state index >= 15 is 0 Å². The fraction of sp³-hybridized carbons (Fsp3) is 0.556. The van der Waals surface area contributed by atoms with Crippen molar-refractivity contribution in [3.8, 4) is 0 Å². The Balaban J connectivity index is 3.17. The minimum atomic E-state index is -0.318. The normalized spacial score (nSPS) is 11.7. The van der Waals surface area contributed by atoms with Crippen LogP contribution in [0.3, 0.4) is 0 Å². The molecule has 0 saturated heterocycles. The van der Waals surface area contributed by atoms with Gasteiger partial charge in [-0.2, -0.15) is 0 Å². The molecule has 0 aliphatic carbocycles. The lowest BCUT2D eigenvalue weighted by atomic mass is 9.95. The van der Waals surface area contributed by atoms with Crippen LogP contribution in [0.25, 0.3) is 0 Å². The molecule has 0 aromatic carbocycles. The highest BCUT2D eigenvalue weighted by molar-refractivity contribution is 7.12. The minimum Gasteiger partial charge on any atom is -0.258 e. The predicted octanol–water partition coefficient (Wildman–Crippen LogP) is 3.26. The van der Waals surface area contributed by atoms with Crippen LogP contribution in [0, 0.1) is 17.0 Å². The summed E-state index contributed by atoms with van der Waals surface area (Å²) in [6.07, 6.45) is 0. The Morgan fingerprint density at radius 3 is 2.23 bits per heavy atom. The van der Waals surface area contributed by atoms with Gasteiger partial charge in [-0.05, 0) is 12.3 Å². The molecule has 1 rings (SSSR count). The van der Waals surface area contributed by atoms with E-state index in [-0.39, 0.29) is 16.0 Å². The second-order valence-electron chi connectivity index (χ2n) is 4.06. The molecule has 1 aromatic heterocycles. The van der Waals surface area contributed by atoms with E-state index in [9.17, 15) is 10.1 Å². The van der Waals surface area contributed by atoms with Gasteiger partial charge < -0.3 is 0 Å². The quantitative estimate of drug-likeness (QED) is 0.514. The third-order valence-electron chi connectivity index (χ3n) is 1.83. The maximum atomic E-state index is 10.6. The van der Waals surface area contributed by atoms with Gasteiger partial charge in [-0.1, -0.05) is 20.8 Å². The summed E-state index contributed by atoms with van der Waals surface area (Å²) in [6.45, 7) is 7.96. The van der Waals surface area contributed by atoms with Crippen molar-refractivity contribution in [1.29, 1.82) is 0 Å². The number of rotatable bonds is 1. The third-order valence-corrected chi connectivity index (χ3v) is 3.29. The Kier molecular flexibility index (Phi) is 2.43. The van der Waals surface area contributed by atoms with Gasteiger partial charge >= 0.3 is 0 Å². The molecular formula is C9H13NO2S. The average molecular weight is 199 g/mol. The zero-order valence-corrected chi connectivity index (χ0v) is 9.07. The first kappa shape index (κ1) is 10.2. The van der Waals surface area contributed by atoms with E-state index in [1.54, 1.807) is 13.0 Å². The van der Waals surface area contributed by atoms with Crippen LogP contribution in [-0.4, -0.2) is 4.92 Å². The SMILES string of the molecule is Cc1sc(C(C)(C)C)cc1[N+](=O)[O-]. The molecule has 4 heteroatoms. The molecule has 0 amide bonds. The Bertz CT molecular complexity index is 336. The van der Waals surface area contributed by atoms with E-state index in [2.05, 4.69) is 20.8 Å². The van der Waals surface area contributed by atoms with Gasteiger partial charge in [0, 0.05) is 10.9 Å². The van der Waals surface area contributed by atoms with Gasteiger partial charge in [0.15, 0.2) is 0 Å². The molecule has 0 N–H and O–H groups in total. The Hall–Kier alpha value is -0.900. The molecule has 0 fully saturated rings.